The summed E-state index contributed by atoms with van der Waals surface area (Å²) >= 11 is 0. The van der Waals surface area contributed by atoms with E-state index in [4.69, 9.17) is 0 Å². The van der Waals surface area contributed by atoms with Gasteiger partial charge >= 0.3 is 5.97 Å². The Kier molecular flexibility index (Phi) is 1.95. The number of halogens is 1. The zero-order valence-electron chi connectivity index (χ0n) is 5.19. The van der Waals surface area contributed by atoms with Crippen molar-refractivity contribution in [2.75, 3.05) is 7.11 Å². The molecule has 0 heterocycles. The van der Waals surface area contributed by atoms with Crippen LogP contribution in [0.5, 0.6) is 0 Å². The molecule has 0 aromatic rings. The molecule has 0 aliphatic carbocycles. The summed E-state index contributed by atoms with van der Waals surface area (Å²) in [4.78, 5) is 10.2. The Morgan fingerprint density at radius 1 is 1.62 bits per heavy atom. The first-order chi connectivity index (χ1) is 3.48. The van der Waals surface area contributed by atoms with E-state index in [-0.39, 0.29) is 0 Å². The maximum Gasteiger partial charge on any atom is 0.343 e. The number of hydrogen-bond donors (Lipinski definition) is 0. The lowest BCUT2D eigenvalue weighted by Gasteiger charge is -2.08. The van der Waals surface area contributed by atoms with Crippen molar-refractivity contribution < 1.29 is 13.9 Å². The van der Waals surface area contributed by atoms with Crippen molar-refractivity contribution in [1.29, 1.82) is 0 Å². The third kappa shape index (κ3) is 1.91. The number of rotatable bonds is 1. The largest absolute Gasteiger partial charge is 0.467 e. The Balaban J connectivity index is 3.82. The first-order valence-corrected chi connectivity index (χ1v) is 2.26. The van der Waals surface area contributed by atoms with E-state index in [9.17, 15) is 9.18 Å². The third-order valence-corrected chi connectivity index (χ3v) is 0.671. The maximum absolute atomic E-state index is 12.3. The van der Waals surface area contributed by atoms with Crippen LogP contribution in [0.15, 0.2) is 0 Å². The fraction of sp³-hybridized carbons (Fsp3) is 0.800. The van der Waals surface area contributed by atoms with E-state index in [0.29, 0.717) is 0 Å². The molecule has 3 heteroatoms. The highest BCUT2D eigenvalue weighted by Crippen LogP contribution is 2.08. The molecule has 0 unspecified atom stereocenters. The summed E-state index contributed by atoms with van der Waals surface area (Å²) in [6.07, 6.45) is 0. The van der Waals surface area contributed by atoms with Crippen LogP contribution in [0.3, 0.4) is 0 Å². The maximum atomic E-state index is 12.3. The molecule has 0 fully saturated rings. The Bertz CT molecular complexity index is 93.1. The van der Waals surface area contributed by atoms with Crippen molar-refractivity contribution in [1.82, 2.24) is 0 Å². The number of hydrogen-bond acceptors (Lipinski definition) is 2. The number of ether oxygens (including phenoxy) is 1. The second kappa shape index (κ2) is 2.11. The van der Waals surface area contributed by atoms with Crippen molar-refractivity contribution in [2.45, 2.75) is 19.5 Å². The number of carbonyl (C=O) groups excluding carboxylic acids is 1. The lowest BCUT2D eigenvalue weighted by atomic mass is 10.2. The summed E-state index contributed by atoms with van der Waals surface area (Å²) in [5.41, 5.74) is -1.85. The summed E-state index contributed by atoms with van der Waals surface area (Å²) in [6.45, 7) is 2.30. The minimum absolute atomic E-state index is 0.836. The predicted octanol–water partition coefficient (Wildman–Crippen LogP) is 0.907. The smallest absolute Gasteiger partial charge is 0.343 e. The van der Waals surface area contributed by atoms with Gasteiger partial charge in [-0.1, -0.05) is 0 Å². The van der Waals surface area contributed by atoms with Gasteiger partial charge < -0.3 is 4.74 Å². The second-order valence-corrected chi connectivity index (χ2v) is 1.96. The Morgan fingerprint density at radius 3 is 2.00 bits per heavy atom. The summed E-state index contributed by atoms with van der Waals surface area (Å²) < 4.78 is 16.4. The molecule has 0 atom stereocenters. The van der Waals surface area contributed by atoms with Crippen LogP contribution < -0.4 is 0 Å². The van der Waals surface area contributed by atoms with E-state index in [1.807, 2.05) is 0 Å². The zero-order chi connectivity index (χ0) is 6.78. The van der Waals surface area contributed by atoms with Gasteiger partial charge in [-0.05, 0) is 13.8 Å². The van der Waals surface area contributed by atoms with Crippen molar-refractivity contribution >= 4 is 5.97 Å². The van der Waals surface area contributed by atoms with Gasteiger partial charge in [-0.25, -0.2) is 9.18 Å². The molecule has 0 aliphatic heterocycles. The Hall–Kier alpha value is -0.600. The molecule has 0 rings (SSSR count). The van der Waals surface area contributed by atoms with Crippen LogP contribution in [-0.2, 0) is 9.53 Å². The minimum Gasteiger partial charge on any atom is -0.467 e. The van der Waals surface area contributed by atoms with Gasteiger partial charge in [0.2, 0.25) is 5.67 Å². The van der Waals surface area contributed by atoms with Gasteiger partial charge in [-0.15, -0.1) is 0 Å². The molecule has 0 radical (unpaired) electrons. The van der Waals surface area contributed by atoms with Crippen LogP contribution >= 0.6 is 0 Å². The van der Waals surface area contributed by atoms with Crippen LogP contribution in [0, 0.1) is 0 Å². The van der Waals surface area contributed by atoms with Crippen LogP contribution in [0.2, 0.25) is 0 Å². The zero-order valence-corrected chi connectivity index (χ0v) is 5.19. The minimum atomic E-state index is -1.85. The molecule has 0 spiro atoms. The molecule has 0 N–H and O–H groups in total. The van der Waals surface area contributed by atoms with Gasteiger partial charge in [0.15, 0.2) is 0 Å². The molecule has 8 heavy (non-hydrogen) atoms. The molecule has 0 saturated carbocycles. The second-order valence-electron chi connectivity index (χ2n) is 1.96. The Labute approximate surface area is 47.6 Å². The summed E-state index contributed by atoms with van der Waals surface area (Å²) in [6, 6.07) is 0. The van der Waals surface area contributed by atoms with Gasteiger partial charge in [-0.2, -0.15) is 0 Å². The molecule has 0 bridgehead atoms. The molecule has 48 valence electrons. The monoisotopic (exact) mass is 120 g/mol. The van der Waals surface area contributed by atoms with E-state index in [0.717, 1.165) is 21.0 Å². The van der Waals surface area contributed by atoms with Gasteiger partial charge in [0.25, 0.3) is 0 Å². The summed E-state index contributed by atoms with van der Waals surface area (Å²) in [5, 5.41) is 0. The SMILES string of the molecule is COC(=O)C(C)(C)F. The van der Waals surface area contributed by atoms with Crippen LogP contribution in [0.25, 0.3) is 0 Å². The Morgan fingerprint density at radius 2 is 2.00 bits per heavy atom. The number of methoxy groups -OCH3 is 1. The van der Waals surface area contributed by atoms with E-state index in [2.05, 4.69) is 4.74 Å². The van der Waals surface area contributed by atoms with E-state index in [1.54, 1.807) is 0 Å². The number of carbonyl (C=O) groups is 1. The van der Waals surface area contributed by atoms with Crippen molar-refractivity contribution in [3.63, 3.8) is 0 Å². The highest BCUT2D eigenvalue weighted by molar-refractivity contribution is 5.78. The van der Waals surface area contributed by atoms with Crippen LogP contribution in [0.4, 0.5) is 4.39 Å². The summed E-state index contributed by atoms with van der Waals surface area (Å²) in [7, 11) is 1.16. The standard InChI is InChI=1S/C5H9FO2/c1-5(2,6)4(7)8-3/h1-3H3. The molecule has 0 aliphatic rings. The van der Waals surface area contributed by atoms with Crippen LogP contribution in [-0.4, -0.2) is 18.7 Å². The lowest BCUT2D eigenvalue weighted by Crippen LogP contribution is -2.26. The molecule has 2 nitrogen and oxygen atoms in total. The highest BCUT2D eigenvalue weighted by atomic mass is 19.1. The molecule has 0 saturated heterocycles. The first-order valence-electron chi connectivity index (χ1n) is 2.26. The summed E-state index contributed by atoms with van der Waals surface area (Å²) in [5.74, 6) is -0.836. The fourth-order valence-electron chi connectivity index (χ4n) is 0.243. The average Bonchev–Trinajstić information content (AvgIpc) is 1.62. The first kappa shape index (κ1) is 7.40. The van der Waals surface area contributed by atoms with E-state index >= 15 is 0 Å². The number of alkyl halides is 1. The quantitative estimate of drug-likeness (QED) is 0.481. The lowest BCUT2D eigenvalue weighted by molar-refractivity contribution is -0.152. The fourth-order valence-corrected chi connectivity index (χ4v) is 0.243. The van der Waals surface area contributed by atoms with Crippen molar-refractivity contribution in [3.8, 4) is 0 Å². The highest BCUT2D eigenvalue weighted by Gasteiger charge is 2.26. The van der Waals surface area contributed by atoms with Gasteiger partial charge in [0.1, 0.15) is 0 Å². The molecular formula is C5H9FO2. The van der Waals surface area contributed by atoms with Gasteiger partial charge in [0.05, 0.1) is 7.11 Å². The average molecular weight is 120 g/mol. The van der Waals surface area contributed by atoms with E-state index in [1.165, 1.54) is 0 Å². The van der Waals surface area contributed by atoms with E-state index < -0.39 is 11.6 Å². The molecule has 0 aromatic heterocycles. The van der Waals surface area contributed by atoms with Gasteiger partial charge in [0, 0.05) is 0 Å². The molecular weight excluding hydrogens is 111 g/mol. The normalized spacial score (nSPS) is 11.0. The van der Waals surface area contributed by atoms with Gasteiger partial charge in [-0.3, -0.25) is 0 Å². The van der Waals surface area contributed by atoms with Crippen molar-refractivity contribution in [3.05, 3.63) is 0 Å². The molecule has 0 amide bonds. The molecule has 0 aromatic carbocycles. The number of esters is 1. The van der Waals surface area contributed by atoms with Crippen LogP contribution in [0.1, 0.15) is 13.8 Å². The third-order valence-electron chi connectivity index (χ3n) is 0.671. The topological polar surface area (TPSA) is 26.3 Å². The van der Waals surface area contributed by atoms with Crippen molar-refractivity contribution in [2.24, 2.45) is 0 Å². The predicted molar refractivity (Wildman–Crippen MR) is 27.2 cm³/mol.